The second-order valence-corrected chi connectivity index (χ2v) is 13.6. The fourth-order valence-corrected chi connectivity index (χ4v) is 10.4. The summed E-state index contributed by atoms with van der Waals surface area (Å²) in [5, 5.41) is 3.55. The van der Waals surface area contributed by atoms with Crippen LogP contribution in [-0.2, 0) is 0 Å². The second-order valence-electron chi connectivity index (χ2n) is 13.6. The average Bonchev–Trinajstić information content (AvgIpc) is 3.25. The molecule has 5 fully saturated rings. The highest BCUT2D eigenvalue weighted by atomic mass is 16.5. The zero-order chi connectivity index (χ0) is 24.0. The summed E-state index contributed by atoms with van der Waals surface area (Å²) in [6.45, 7) is 13.6. The first kappa shape index (κ1) is 24.2. The third kappa shape index (κ3) is 4.25. The Hall–Kier alpha value is -1.13. The Morgan fingerprint density at radius 2 is 1.80 bits per heavy atom. The lowest BCUT2D eigenvalue weighted by atomic mass is 9.44. The van der Waals surface area contributed by atoms with Crippen LogP contribution in [0.25, 0.3) is 0 Å². The molecule has 5 aliphatic rings. The van der Waals surface area contributed by atoms with Gasteiger partial charge < -0.3 is 10.1 Å². The summed E-state index contributed by atoms with van der Waals surface area (Å²) in [6, 6.07) is 6.84. The molecule has 4 aliphatic carbocycles. The number of hydrogen-bond donors (Lipinski definition) is 1. The van der Waals surface area contributed by atoms with Gasteiger partial charge in [0, 0.05) is 44.5 Å². The third-order valence-electron chi connectivity index (χ3n) is 12.2. The molecule has 0 spiro atoms. The Morgan fingerprint density at radius 3 is 2.60 bits per heavy atom. The Bertz CT molecular complexity index is 856. The van der Waals surface area contributed by atoms with Gasteiger partial charge in [0.1, 0.15) is 0 Å². The molecule has 4 saturated carbocycles. The van der Waals surface area contributed by atoms with Crippen LogP contribution in [0.4, 0.5) is 0 Å². The molecule has 0 aromatic carbocycles. The van der Waals surface area contributed by atoms with Crippen LogP contribution in [0.15, 0.2) is 24.4 Å². The van der Waals surface area contributed by atoms with Gasteiger partial charge in [0.25, 0.3) is 0 Å². The van der Waals surface area contributed by atoms with Crippen LogP contribution in [-0.4, -0.2) is 48.7 Å². The average molecular weight is 480 g/mol. The predicted octanol–water partition coefficient (Wildman–Crippen LogP) is 6.03. The van der Waals surface area contributed by atoms with E-state index in [2.05, 4.69) is 36.0 Å². The first-order valence-corrected chi connectivity index (χ1v) is 15.0. The summed E-state index contributed by atoms with van der Waals surface area (Å²) in [7, 11) is 0. The van der Waals surface area contributed by atoms with Crippen LogP contribution in [0.2, 0.25) is 0 Å². The predicted molar refractivity (Wildman–Crippen MR) is 142 cm³/mol. The molecule has 1 aliphatic heterocycles. The number of aromatic nitrogens is 1. The summed E-state index contributed by atoms with van der Waals surface area (Å²) in [5.41, 5.74) is 1.11. The van der Waals surface area contributed by atoms with Crippen LogP contribution in [0, 0.1) is 46.3 Å². The van der Waals surface area contributed by atoms with Crippen molar-refractivity contribution in [3.8, 4) is 5.88 Å². The van der Waals surface area contributed by atoms with E-state index in [1.807, 2.05) is 24.4 Å². The third-order valence-corrected chi connectivity index (χ3v) is 12.2. The molecule has 35 heavy (non-hydrogen) atoms. The van der Waals surface area contributed by atoms with Crippen LogP contribution in [0.5, 0.6) is 5.88 Å². The van der Waals surface area contributed by atoms with Gasteiger partial charge in [-0.1, -0.05) is 26.8 Å². The number of hydrogen-bond acceptors (Lipinski definition) is 4. The summed E-state index contributed by atoms with van der Waals surface area (Å²) in [4.78, 5) is 7.21. The molecule has 1 aromatic heterocycles. The minimum Gasteiger partial charge on any atom is -0.477 e. The van der Waals surface area contributed by atoms with Crippen molar-refractivity contribution in [3.05, 3.63) is 24.4 Å². The van der Waals surface area contributed by atoms with E-state index in [4.69, 9.17) is 4.74 Å². The first-order chi connectivity index (χ1) is 17.0. The maximum absolute atomic E-state index is 6.14. The largest absolute Gasteiger partial charge is 0.477 e. The van der Waals surface area contributed by atoms with Crippen LogP contribution in [0.3, 0.4) is 0 Å². The molecule has 4 nitrogen and oxygen atoms in total. The molecule has 0 radical (unpaired) electrons. The van der Waals surface area contributed by atoms with Crippen molar-refractivity contribution in [1.29, 1.82) is 0 Å². The first-order valence-electron chi connectivity index (χ1n) is 15.0. The van der Waals surface area contributed by atoms with Crippen molar-refractivity contribution in [2.45, 2.75) is 84.6 Å². The fourth-order valence-electron chi connectivity index (χ4n) is 10.4. The van der Waals surface area contributed by atoms with Gasteiger partial charge >= 0.3 is 0 Å². The lowest BCUT2D eigenvalue weighted by Gasteiger charge is -2.62. The molecule has 1 aromatic rings. The van der Waals surface area contributed by atoms with Crippen molar-refractivity contribution < 1.29 is 4.74 Å². The number of ether oxygens (including phenoxy) is 1. The van der Waals surface area contributed by atoms with Gasteiger partial charge in [-0.05, 0) is 110 Å². The smallest absolute Gasteiger partial charge is 0.213 e. The van der Waals surface area contributed by atoms with Crippen LogP contribution < -0.4 is 10.1 Å². The molecule has 9 atom stereocenters. The van der Waals surface area contributed by atoms with E-state index in [1.165, 1.54) is 84.0 Å². The number of nitrogens with zero attached hydrogens (tertiary/aromatic N) is 2. The van der Waals surface area contributed by atoms with E-state index in [0.29, 0.717) is 16.7 Å². The highest BCUT2D eigenvalue weighted by Crippen LogP contribution is 2.68. The normalized spacial score (nSPS) is 44.7. The topological polar surface area (TPSA) is 37.4 Å². The van der Waals surface area contributed by atoms with Crippen molar-refractivity contribution in [2.75, 3.05) is 32.8 Å². The molecule has 0 bridgehead atoms. The minimum atomic E-state index is 0.509. The number of nitrogens with one attached hydrogen (secondary N) is 1. The van der Waals surface area contributed by atoms with E-state index >= 15 is 0 Å². The van der Waals surface area contributed by atoms with Crippen molar-refractivity contribution in [2.24, 2.45) is 46.3 Å². The van der Waals surface area contributed by atoms with Crippen molar-refractivity contribution in [1.82, 2.24) is 15.2 Å². The fraction of sp³-hybridized carbons (Fsp3) is 0.839. The number of rotatable bonds is 5. The molecule has 194 valence electrons. The Labute approximate surface area is 214 Å². The van der Waals surface area contributed by atoms with Crippen molar-refractivity contribution >= 4 is 0 Å². The summed E-state index contributed by atoms with van der Waals surface area (Å²) < 4.78 is 6.14. The number of fused-ring (bicyclic) bond motifs is 5. The molecular formula is C31H49N3O. The molecule has 1 N–H and O–H groups in total. The minimum absolute atomic E-state index is 0.509. The summed E-state index contributed by atoms with van der Waals surface area (Å²) in [6.07, 6.45) is 15.0. The SMILES string of the molecule is C[C@@H](COc1ccccn1)C1CCC2C3CC[C@@H]4C[C@@H](N5CCNCC5)CC[C@]4(C)C3CC[C@@]21C. The quantitative estimate of drug-likeness (QED) is 0.560. The second kappa shape index (κ2) is 9.63. The zero-order valence-electron chi connectivity index (χ0n) is 22.6. The Kier molecular flexibility index (Phi) is 6.67. The highest BCUT2D eigenvalue weighted by molar-refractivity contribution is 5.11. The van der Waals surface area contributed by atoms with Gasteiger partial charge in [-0.3, -0.25) is 4.90 Å². The molecular weight excluding hydrogens is 430 g/mol. The van der Waals surface area contributed by atoms with E-state index in [-0.39, 0.29) is 0 Å². The molecule has 4 unspecified atom stereocenters. The van der Waals surface area contributed by atoms with Gasteiger partial charge in [-0.25, -0.2) is 4.98 Å². The number of pyridine rings is 1. The van der Waals surface area contributed by atoms with Gasteiger partial charge in [-0.2, -0.15) is 0 Å². The highest BCUT2D eigenvalue weighted by Gasteiger charge is 2.60. The zero-order valence-corrected chi connectivity index (χ0v) is 22.6. The van der Waals surface area contributed by atoms with E-state index in [1.54, 1.807) is 0 Å². The van der Waals surface area contributed by atoms with Crippen LogP contribution in [0.1, 0.15) is 78.6 Å². The van der Waals surface area contributed by atoms with Gasteiger partial charge in [-0.15, -0.1) is 0 Å². The van der Waals surface area contributed by atoms with Crippen LogP contribution >= 0.6 is 0 Å². The van der Waals surface area contributed by atoms with E-state index in [0.717, 1.165) is 48.1 Å². The standard InChI is InChI=1S/C31H49N3O/c1-22(21-35-29-6-4-5-15-33-29)26-9-10-27-25-8-7-23-20-24(34-18-16-32-17-19-34)11-13-30(23,2)28(25)12-14-31(26,27)3/h4-6,15,22-28,32H,7-14,16-21H2,1-3H3/t22-,23+,24-,25?,26?,27?,28?,30-,31+/m0/s1. The molecule has 4 heteroatoms. The summed E-state index contributed by atoms with van der Waals surface area (Å²) >= 11 is 0. The van der Waals surface area contributed by atoms with Gasteiger partial charge in [0.15, 0.2) is 0 Å². The number of piperazine rings is 1. The molecule has 1 saturated heterocycles. The summed E-state index contributed by atoms with van der Waals surface area (Å²) in [5.74, 6) is 6.03. The van der Waals surface area contributed by atoms with Gasteiger partial charge in [0.2, 0.25) is 5.88 Å². The van der Waals surface area contributed by atoms with Gasteiger partial charge in [0.05, 0.1) is 6.61 Å². The maximum Gasteiger partial charge on any atom is 0.213 e. The monoisotopic (exact) mass is 479 g/mol. The van der Waals surface area contributed by atoms with Crippen molar-refractivity contribution in [3.63, 3.8) is 0 Å². The molecule has 0 amide bonds. The maximum atomic E-state index is 6.14. The lowest BCUT2D eigenvalue weighted by molar-refractivity contribution is -0.125. The van der Waals surface area contributed by atoms with E-state index in [9.17, 15) is 0 Å². The molecule has 2 heterocycles. The lowest BCUT2D eigenvalue weighted by Crippen LogP contribution is -2.57. The Balaban J connectivity index is 1.12. The molecule has 6 rings (SSSR count). The van der Waals surface area contributed by atoms with E-state index < -0.39 is 0 Å². The Morgan fingerprint density at radius 1 is 1.00 bits per heavy atom.